The second-order valence-electron chi connectivity index (χ2n) is 3.36. The topological polar surface area (TPSA) is 41.5 Å². The summed E-state index contributed by atoms with van der Waals surface area (Å²) in [6.07, 6.45) is -0.619. The molecule has 1 unspecified atom stereocenters. The predicted molar refractivity (Wildman–Crippen MR) is 56.0 cm³/mol. The summed E-state index contributed by atoms with van der Waals surface area (Å²) in [6, 6.07) is 4.56. The summed E-state index contributed by atoms with van der Waals surface area (Å²) in [4.78, 5) is 0. The summed E-state index contributed by atoms with van der Waals surface area (Å²) in [6.45, 7) is 0.657. The molecule has 0 aliphatic carbocycles. The normalized spacial score (nSPS) is 12.8. The molecule has 0 saturated heterocycles. The van der Waals surface area contributed by atoms with Gasteiger partial charge in [0.2, 0.25) is 0 Å². The van der Waals surface area contributed by atoms with Gasteiger partial charge in [-0.15, -0.1) is 0 Å². The van der Waals surface area contributed by atoms with Crippen molar-refractivity contribution in [1.29, 1.82) is 0 Å². The first kappa shape index (κ1) is 12.1. The molecule has 0 saturated carbocycles. The van der Waals surface area contributed by atoms with Gasteiger partial charge < -0.3 is 15.2 Å². The van der Waals surface area contributed by atoms with Crippen LogP contribution in [0.1, 0.15) is 17.2 Å². The molecule has 0 fully saturated rings. The van der Waals surface area contributed by atoms with Crippen molar-refractivity contribution < 1.29 is 14.2 Å². The molecule has 84 valence electrons. The summed E-state index contributed by atoms with van der Waals surface area (Å²) in [5, 5.41) is 12.5. The molecule has 15 heavy (non-hydrogen) atoms. The Morgan fingerprint density at radius 2 is 2.27 bits per heavy atom. The van der Waals surface area contributed by atoms with Crippen LogP contribution in [0, 0.1) is 5.82 Å². The summed E-state index contributed by atoms with van der Waals surface area (Å²) in [7, 11) is 3.26. The molecular formula is C11H16FNO2. The molecule has 3 nitrogen and oxygen atoms in total. The number of rotatable bonds is 5. The summed E-state index contributed by atoms with van der Waals surface area (Å²) in [5.74, 6) is -0.308. The average molecular weight is 213 g/mol. The van der Waals surface area contributed by atoms with Gasteiger partial charge in [-0.25, -0.2) is 4.39 Å². The van der Waals surface area contributed by atoms with Crippen LogP contribution in [0.5, 0.6) is 0 Å². The van der Waals surface area contributed by atoms with Crippen LogP contribution in [-0.2, 0) is 11.3 Å². The van der Waals surface area contributed by atoms with Crippen molar-refractivity contribution in [2.24, 2.45) is 0 Å². The molecule has 0 spiro atoms. The van der Waals surface area contributed by atoms with Crippen molar-refractivity contribution in [2.75, 3.05) is 20.7 Å². The summed E-state index contributed by atoms with van der Waals surface area (Å²) >= 11 is 0. The Bertz CT molecular complexity index is 317. The number of likely N-dealkylation sites (N-methyl/N-ethyl adjacent to an activating group) is 1. The lowest BCUT2D eigenvalue weighted by Crippen LogP contribution is -2.17. The van der Waals surface area contributed by atoms with E-state index in [2.05, 4.69) is 5.32 Å². The van der Waals surface area contributed by atoms with Gasteiger partial charge in [0.05, 0.1) is 12.7 Å². The third-order valence-corrected chi connectivity index (χ3v) is 2.15. The Hall–Kier alpha value is -0.970. The highest BCUT2D eigenvalue weighted by molar-refractivity contribution is 5.26. The fourth-order valence-electron chi connectivity index (χ4n) is 1.38. The number of ether oxygens (including phenoxy) is 1. The van der Waals surface area contributed by atoms with Crippen LogP contribution in [-0.4, -0.2) is 25.8 Å². The molecule has 4 heteroatoms. The van der Waals surface area contributed by atoms with Gasteiger partial charge in [0.15, 0.2) is 0 Å². The number of aliphatic hydroxyl groups is 1. The Kier molecular flexibility index (Phi) is 4.68. The van der Waals surface area contributed by atoms with Crippen molar-refractivity contribution in [3.63, 3.8) is 0 Å². The zero-order valence-electron chi connectivity index (χ0n) is 8.96. The van der Waals surface area contributed by atoms with Gasteiger partial charge in [-0.2, -0.15) is 0 Å². The van der Waals surface area contributed by atoms with Crippen LogP contribution in [0.3, 0.4) is 0 Å². The summed E-state index contributed by atoms with van der Waals surface area (Å²) in [5.41, 5.74) is 1.16. The molecule has 1 atom stereocenters. The van der Waals surface area contributed by atoms with E-state index in [1.54, 1.807) is 19.2 Å². The molecule has 0 aliphatic rings. The highest BCUT2D eigenvalue weighted by atomic mass is 19.1. The van der Waals surface area contributed by atoms with Crippen LogP contribution in [0.2, 0.25) is 0 Å². The highest BCUT2D eigenvalue weighted by Crippen LogP contribution is 2.17. The quantitative estimate of drug-likeness (QED) is 0.773. The van der Waals surface area contributed by atoms with E-state index in [0.29, 0.717) is 17.7 Å². The average Bonchev–Trinajstić information content (AvgIpc) is 2.22. The SMILES string of the molecule is CNCC(O)c1ccc(F)c(COC)c1. The second-order valence-corrected chi connectivity index (χ2v) is 3.36. The minimum Gasteiger partial charge on any atom is -0.387 e. The van der Waals surface area contributed by atoms with Crippen molar-refractivity contribution in [2.45, 2.75) is 12.7 Å². The van der Waals surface area contributed by atoms with E-state index in [0.717, 1.165) is 0 Å². The van der Waals surface area contributed by atoms with E-state index < -0.39 is 6.10 Å². The smallest absolute Gasteiger partial charge is 0.128 e. The van der Waals surface area contributed by atoms with Crippen molar-refractivity contribution in [3.05, 3.63) is 35.1 Å². The number of halogens is 1. The molecule has 0 aliphatic heterocycles. The fourth-order valence-corrected chi connectivity index (χ4v) is 1.38. The molecule has 0 bridgehead atoms. The number of nitrogens with one attached hydrogen (secondary N) is 1. The van der Waals surface area contributed by atoms with Crippen molar-refractivity contribution in [3.8, 4) is 0 Å². The molecule has 1 aromatic rings. The molecule has 0 aromatic heterocycles. The van der Waals surface area contributed by atoms with Crippen LogP contribution in [0.15, 0.2) is 18.2 Å². The maximum atomic E-state index is 13.2. The van der Waals surface area contributed by atoms with Crippen molar-refractivity contribution >= 4 is 0 Å². The van der Waals surface area contributed by atoms with Gasteiger partial charge in [0, 0.05) is 19.2 Å². The monoisotopic (exact) mass is 213 g/mol. The van der Waals surface area contributed by atoms with Gasteiger partial charge in [0.25, 0.3) is 0 Å². The predicted octanol–water partition coefficient (Wildman–Crippen LogP) is 1.22. The van der Waals surface area contributed by atoms with E-state index in [-0.39, 0.29) is 12.4 Å². The standard InChI is InChI=1S/C11H16FNO2/c1-13-6-11(14)8-3-4-10(12)9(5-8)7-15-2/h3-5,11,13-14H,6-7H2,1-2H3. The number of benzene rings is 1. The zero-order valence-corrected chi connectivity index (χ0v) is 8.96. The minimum atomic E-state index is -0.619. The largest absolute Gasteiger partial charge is 0.387 e. The van der Waals surface area contributed by atoms with Gasteiger partial charge in [-0.1, -0.05) is 6.07 Å². The maximum Gasteiger partial charge on any atom is 0.128 e. The maximum absolute atomic E-state index is 13.2. The van der Waals surface area contributed by atoms with Crippen molar-refractivity contribution in [1.82, 2.24) is 5.32 Å². The third-order valence-electron chi connectivity index (χ3n) is 2.15. The lowest BCUT2D eigenvalue weighted by atomic mass is 10.1. The van der Waals surface area contributed by atoms with Gasteiger partial charge in [-0.05, 0) is 24.7 Å². The van der Waals surface area contributed by atoms with Crippen LogP contribution < -0.4 is 5.32 Å². The first-order valence-electron chi connectivity index (χ1n) is 4.79. The molecule has 1 aromatic carbocycles. The van der Waals surface area contributed by atoms with Gasteiger partial charge >= 0.3 is 0 Å². The molecule has 0 radical (unpaired) electrons. The highest BCUT2D eigenvalue weighted by Gasteiger charge is 2.09. The lowest BCUT2D eigenvalue weighted by Gasteiger charge is -2.12. The summed E-state index contributed by atoms with van der Waals surface area (Å²) < 4.78 is 18.1. The number of hydrogen-bond donors (Lipinski definition) is 2. The Balaban J connectivity index is 2.86. The van der Waals surface area contributed by atoms with Crippen LogP contribution in [0.4, 0.5) is 4.39 Å². The fraction of sp³-hybridized carbons (Fsp3) is 0.455. The Morgan fingerprint density at radius 3 is 2.87 bits per heavy atom. The molecule has 0 amide bonds. The van der Waals surface area contributed by atoms with Crippen LogP contribution in [0.25, 0.3) is 0 Å². The number of hydrogen-bond acceptors (Lipinski definition) is 3. The van der Waals surface area contributed by atoms with E-state index in [1.165, 1.54) is 13.2 Å². The van der Waals surface area contributed by atoms with Crippen LogP contribution >= 0.6 is 0 Å². The second kappa shape index (κ2) is 5.80. The van der Waals surface area contributed by atoms with Gasteiger partial charge in [-0.3, -0.25) is 0 Å². The first-order chi connectivity index (χ1) is 7.19. The molecular weight excluding hydrogens is 197 g/mol. The zero-order chi connectivity index (χ0) is 11.3. The lowest BCUT2D eigenvalue weighted by molar-refractivity contribution is 0.173. The van der Waals surface area contributed by atoms with E-state index in [9.17, 15) is 9.50 Å². The van der Waals surface area contributed by atoms with E-state index in [1.807, 2.05) is 0 Å². The third kappa shape index (κ3) is 3.27. The van der Waals surface area contributed by atoms with E-state index in [4.69, 9.17) is 4.74 Å². The first-order valence-corrected chi connectivity index (χ1v) is 4.79. The number of aliphatic hydroxyl groups excluding tert-OH is 1. The minimum absolute atomic E-state index is 0.214. The molecule has 1 rings (SSSR count). The molecule has 2 N–H and O–H groups in total. The van der Waals surface area contributed by atoms with E-state index >= 15 is 0 Å². The number of methoxy groups -OCH3 is 1. The Labute approximate surface area is 88.9 Å². The molecule has 0 heterocycles. The Morgan fingerprint density at radius 1 is 1.53 bits per heavy atom. The van der Waals surface area contributed by atoms with Gasteiger partial charge in [0.1, 0.15) is 5.82 Å².